The fraction of sp³-hybridized carbons (Fsp3) is 0.692. The van der Waals surface area contributed by atoms with Crippen molar-refractivity contribution in [3.05, 3.63) is 34.9 Å². The molecule has 9 heteroatoms. The van der Waals surface area contributed by atoms with Gasteiger partial charge in [-0.3, -0.25) is 0 Å². The number of carbonyl (C=O) groups is 2. The lowest BCUT2D eigenvalue weighted by Gasteiger charge is -2.31. The molecule has 0 heterocycles. The van der Waals surface area contributed by atoms with Crippen LogP contribution in [0.5, 0.6) is 0 Å². The molecule has 0 unspecified atom stereocenters. The molecular weight excluding hydrogens is 468 g/mol. The SMILES string of the molecule is CNC[C@H](CC1CCCCC1)NC(=O)N(C)C[C@@H](C)[C@H](OCCN(C)C(=O)O)c1cccc(Cl)c1. The molecule has 0 aliphatic heterocycles. The summed E-state index contributed by atoms with van der Waals surface area (Å²) in [4.78, 5) is 27.0. The molecule has 2 rings (SSSR count). The van der Waals surface area contributed by atoms with Crippen LogP contribution in [0.2, 0.25) is 5.02 Å². The number of carboxylic acid groups (broad SMARTS) is 1. The predicted molar refractivity (Wildman–Crippen MR) is 140 cm³/mol. The third-order valence-electron chi connectivity index (χ3n) is 6.77. The van der Waals surface area contributed by atoms with Crippen LogP contribution in [0.25, 0.3) is 0 Å². The molecule has 0 spiro atoms. The van der Waals surface area contributed by atoms with Crippen molar-refractivity contribution in [2.24, 2.45) is 11.8 Å². The van der Waals surface area contributed by atoms with Crippen molar-refractivity contribution in [2.45, 2.75) is 57.6 Å². The number of nitrogens with one attached hydrogen (secondary N) is 2. The first-order valence-electron chi connectivity index (χ1n) is 12.7. The number of hydrogen-bond donors (Lipinski definition) is 3. The van der Waals surface area contributed by atoms with Crippen molar-refractivity contribution in [2.75, 3.05) is 47.4 Å². The summed E-state index contributed by atoms with van der Waals surface area (Å²) in [6.07, 6.45) is 6.06. The standard InChI is InChI=1S/C26H43ClN4O4/c1-19(24(21-11-8-12-22(27)16-21)35-14-13-30(3)26(33)34)18-31(4)25(32)29-23(17-28-2)15-20-9-6-5-7-10-20/h8,11-12,16,19-20,23-24,28H,5-7,9-10,13-15,17-18H2,1-4H3,(H,29,32)(H,33,34)/t19-,23+,24+/m1/s1. The van der Waals surface area contributed by atoms with Crippen LogP contribution in [0.3, 0.4) is 0 Å². The lowest BCUT2D eigenvalue weighted by atomic mass is 9.85. The number of ether oxygens (including phenoxy) is 1. The van der Waals surface area contributed by atoms with Gasteiger partial charge in [0.15, 0.2) is 0 Å². The third-order valence-corrected chi connectivity index (χ3v) is 7.01. The van der Waals surface area contributed by atoms with Gasteiger partial charge in [0.1, 0.15) is 0 Å². The minimum atomic E-state index is -0.998. The predicted octanol–water partition coefficient (Wildman–Crippen LogP) is 4.84. The van der Waals surface area contributed by atoms with Gasteiger partial charge >= 0.3 is 12.1 Å². The van der Waals surface area contributed by atoms with Crippen molar-refractivity contribution >= 4 is 23.7 Å². The molecule has 0 aromatic heterocycles. The molecule has 1 aliphatic carbocycles. The minimum Gasteiger partial charge on any atom is -0.465 e. The van der Waals surface area contributed by atoms with E-state index in [1.165, 1.54) is 44.1 Å². The quantitative estimate of drug-likeness (QED) is 0.353. The lowest BCUT2D eigenvalue weighted by Crippen LogP contribution is -2.48. The Morgan fingerprint density at radius 1 is 1.20 bits per heavy atom. The number of urea groups is 1. The Morgan fingerprint density at radius 3 is 2.54 bits per heavy atom. The molecule has 0 saturated heterocycles. The van der Waals surface area contributed by atoms with Crippen molar-refractivity contribution in [3.8, 4) is 0 Å². The van der Waals surface area contributed by atoms with Gasteiger partial charge in [0.25, 0.3) is 0 Å². The summed E-state index contributed by atoms with van der Waals surface area (Å²) in [5.41, 5.74) is 0.905. The number of amides is 3. The van der Waals surface area contributed by atoms with Gasteiger partial charge in [-0.2, -0.15) is 0 Å². The first-order chi connectivity index (χ1) is 16.7. The summed E-state index contributed by atoms with van der Waals surface area (Å²) >= 11 is 6.22. The number of carbonyl (C=O) groups excluding carboxylic acids is 1. The van der Waals surface area contributed by atoms with Gasteiger partial charge in [0, 0.05) is 50.7 Å². The molecule has 35 heavy (non-hydrogen) atoms. The second kappa shape index (κ2) is 15.2. The van der Waals surface area contributed by atoms with E-state index >= 15 is 0 Å². The first kappa shape index (κ1) is 29.2. The molecule has 198 valence electrons. The van der Waals surface area contributed by atoms with Gasteiger partial charge < -0.3 is 30.3 Å². The van der Waals surface area contributed by atoms with Crippen LogP contribution >= 0.6 is 11.6 Å². The average molecular weight is 511 g/mol. The maximum atomic E-state index is 13.1. The number of benzene rings is 1. The van der Waals surface area contributed by atoms with Crippen molar-refractivity contribution in [1.29, 1.82) is 0 Å². The molecule has 3 amide bonds. The maximum absolute atomic E-state index is 13.1. The summed E-state index contributed by atoms with van der Waals surface area (Å²) < 4.78 is 6.13. The topological polar surface area (TPSA) is 94.1 Å². The molecule has 1 aliphatic rings. The van der Waals surface area contributed by atoms with Crippen molar-refractivity contribution in [1.82, 2.24) is 20.4 Å². The number of rotatable bonds is 13. The Morgan fingerprint density at radius 2 is 1.91 bits per heavy atom. The van der Waals surface area contributed by atoms with E-state index in [0.717, 1.165) is 18.5 Å². The number of halogens is 1. The van der Waals surface area contributed by atoms with Crippen molar-refractivity contribution in [3.63, 3.8) is 0 Å². The first-order valence-corrected chi connectivity index (χ1v) is 13.1. The molecule has 1 aromatic carbocycles. The molecular formula is C26H43ClN4O4. The van der Waals surface area contributed by atoms with Crippen molar-refractivity contribution < 1.29 is 19.4 Å². The molecule has 1 aromatic rings. The smallest absolute Gasteiger partial charge is 0.407 e. The third kappa shape index (κ3) is 10.2. The Bertz CT molecular complexity index is 790. The Kier molecular flexibility index (Phi) is 12.7. The Labute approximate surface area is 215 Å². The summed E-state index contributed by atoms with van der Waals surface area (Å²) in [7, 11) is 5.23. The van der Waals surface area contributed by atoms with E-state index in [0.29, 0.717) is 17.5 Å². The van der Waals surface area contributed by atoms with E-state index in [2.05, 4.69) is 10.6 Å². The number of hydrogen-bond acceptors (Lipinski definition) is 4. The van der Waals surface area contributed by atoms with E-state index < -0.39 is 6.09 Å². The molecule has 0 bridgehead atoms. The van der Waals surface area contributed by atoms with E-state index in [9.17, 15) is 9.59 Å². The van der Waals surface area contributed by atoms with Crippen LogP contribution < -0.4 is 10.6 Å². The highest BCUT2D eigenvalue weighted by molar-refractivity contribution is 6.30. The molecule has 0 radical (unpaired) electrons. The maximum Gasteiger partial charge on any atom is 0.407 e. The zero-order valence-corrected chi connectivity index (χ0v) is 22.4. The Balaban J connectivity index is 1.99. The fourth-order valence-corrected chi connectivity index (χ4v) is 5.04. The van der Waals surface area contributed by atoms with Gasteiger partial charge in [-0.25, -0.2) is 9.59 Å². The second-order valence-electron chi connectivity index (χ2n) is 9.85. The zero-order chi connectivity index (χ0) is 25.8. The molecule has 8 nitrogen and oxygen atoms in total. The van der Waals surface area contributed by atoms with Crippen LogP contribution in [-0.2, 0) is 4.74 Å². The highest BCUT2D eigenvalue weighted by atomic mass is 35.5. The minimum absolute atomic E-state index is 0.0413. The van der Waals surface area contributed by atoms with Gasteiger partial charge in [-0.15, -0.1) is 0 Å². The monoisotopic (exact) mass is 510 g/mol. The molecule has 3 atom stereocenters. The van der Waals surface area contributed by atoms with E-state index in [1.54, 1.807) is 18.0 Å². The van der Waals surface area contributed by atoms with E-state index in [4.69, 9.17) is 21.4 Å². The van der Waals surface area contributed by atoms with E-state index in [1.807, 2.05) is 32.2 Å². The number of nitrogens with zero attached hydrogens (tertiary/aromatic N) is 2. The van der Waals surface area contributed by atoms with Gasteiger partial charge in [-0.1, -0.05) is 62.8 Å². The summed E-state index contributed by atoms with van der Waals surface area (Å²) in [5, 5.41) is 16.1. The van der Waals surface area contributed by atoms with Crippen LogP contribution in [0, 0.1) is 11.8 Å². The highest BCUT2D eigenvalue weighted by Gasteiger charge is 2.26. The summed E-state index contributed by atoms with van der Waals surface area (Å²) in [5.74, 6) is 0.636. The fourth-order valence-electron chi connectivity index (χ4n) is 4.85. The molecule has 3 N–H and O–H groups in total. The second-order valence-corrected chi connectivity index (χ2v) is 10.3. The summed E-state index contributed by atoms with van der Waals surface area (Å²) in [6.45, 7) is 3.75. The van der Waals surface area contributed by atoms with Gasteiger partial charge in [0.2, 0.25) is 0 Å². The van der Waals surface area contributed by atoms with Crippen LogP contribution in [-0.4, -0.2) is 80.5 Å². The lowest BCUT2D eigenvalue weighted by molar-refractivity contribution is 0.00247. The van der Waals surface area contributed by atoms with Crippen LogP contribution in [0.1, 0.15) is 57.1 Å². The largest absolute Gasteiger partial charge is 0.465 e. The Hall–Kier alpha value is -2.03. The van der Waals surface area contributed by atoms with E-state index in [-0.39, 0.29) is 37.2 Å². The zero-order valence-electron chi connectivity index (χ0n) is 21.6. The molecule has 1 fully saturated rings. The summed E-state index contributed by atoms with van der Waals surface area (Å²) in [6, 6.07) is 7.48. The van der Waals surface area contributed by atoms with Crippen LogP contribution in [0.15, 0.2) is 24.3 Å². The number of likely N-dealkylation sites (N-methyl/N-ethyl adjacent to an activating group) is 2. The molecule has 1 saturated carbocycles. The van der Waals surface area contributed by atoms with Gasteiger partial charge in [0.05, 0.1) is 12.7 Å². The van der Waals surface area contributed by atoms with Gasteiger partial charge in [-0.05, 0) is 37.1 Å². The average Bonchev–Trinajstić information content (AvgIpc) is 2.82. The van der Waals surface area contributed by atoms with Crippen LogP contribution in [0.4, 0.5) is 9.59 Å². The normalized spacial score (nSPS) is 16.8. The highest BCUT2D eigenvalue weighted by Crippen LogP contribution is 2.29.